The van der Waals surface area contributed by atoms with Gasteiger partial charge in [0.05, 0.1) is 7.11 Å². The Labute approximate surface area is 103 Å². The van der Waals surface area contributed by atoms with Gasteiger partial charge < -0.3 is 14.3 Å². The van der Waals surface area contributed by atoms with Gasteiger partial charge in [0.2, 0.25) is 5.89 Å². The zero-order valence-electron chi connectivity index (χ0n) is 9.75. The van der Waals surface area contributed by atoms with Crippen LogP contribution in [0, 0.1) is 0 Å². The molecule has 0 spiro atoms. The van der Waals surface area contributed by atoms with Gasteiger partial charge in [-0.3, -0.25) is 0 Å². The SMILES string of the molecule is COc1ccc(-c2nc3cc(O)ccc3o2)cc1. The van der Waals surface area contributed by atoms with Gasteiger partial charge in [-0.15, -0.1) is 0 Å². The summed E-state index contributed by atoms with van der Waals surface area (Å²) in [6.07, 6.45) is 0. The lowest BCUT2D eigenvalue weighted by Crippen LogP contribution is -1.82. The van der Waals surface area contributed by atoms with Gasteiger partial charge >= 0.3 is 0 Å². The van der Waals surface area contributed by atoms with Crippen molar-refractivity contribution in [3.63, 3.8) is 0 Å². The van der Waals surface area contributed by atoms with E-state index in [1.807, 2.05) is 24.3 Å². The van der Waals surface area contributed by atoms with E-state index in [1.54, 1.807) is 25.3 Å². The number of fused-ring (bicyclic) bond motifs is 1. The van der Waals surface area contributed by atoms with Gasteiger partial charge in [-0.25, -0.2) is 4.98 Å². The lowest BCUT2D eigenvalue weighted by Gasteiger charge is -1.99. The van der Waals surface area contributed by atoms with Gasteiger partial charge in [0, 0.05) is 11.6 Å². The molecule has 1 N–H and O–H groups in total. The quantitative estimate of drug-likeness (QED) is 0.748. The Morgan fingerprint density at radius 1 is 1.11 bits per heavy atom. The summed E-state index contributed by atoms with van der Waals surface area (Å²) in [5.41, 5.74) is 2.16. The number of nitrogens with zero attached hydrogens (tertiary/aromatic N) is 1. The maximum atomic E-state index is 9.38. The van der Waals surface area contributed by atoms with Crippen molar-refractivity contribution in [3.05, 3.63) is 42.5 Å². The van der Waals surface area contributed by atoms with Crippen LogP contribution in [0.25, 0.3) is 22.6 Å². The van der Waals surface area contributed by atoms with Crippen molar-refractivity contribution in [2.45, 2.75) is 0 Å². The maximum absolute atomic E-state index is 9.38. The molecule has 0 aliphatic heterocycles. The first-order valence-corrected chi connectivity index (χ1v) is 5.50. The number of methoxy groups -OCH3 is 1. The summed E-state index contributed by atoms with van der Waals surface area (Å²) >= 11 is 0. The van der Waals surface area contributed by atoms with Crippen LogP contribution in [-0.2, 0) is 0 Å². The number of oxazole rings is 1. The minimum atomic E-state index is 0.178. The second-order valence-electron chi connectivity index (χ2n) is 3.90. The number of ether oxygens (including phenoxy) is 1. The molecule has 4 nitrogen and oxygen atoms in total. The molecule has 2 aromatic carbocycles. The molecule has 3 rings (SSSR count). The Morgan fingerprint density at radius 2 is 1.89 bits per heavy atom. The third kappa shape index (κ3) is 1.78. The molecule has 0 fully saturated rings. The average Bonchev–Trinajstić information content (AvgIpc) is 2.81. The third-order valence-electron chi connectivity index (χ3n) is 2.71. The van der Waals surface area contributed by atoms with E-state index in [0.717, 1.165) is 11.3 Å². The van der Waals surface area contributed by atoms with E-state index in [0.29, 0.717) is 17.0 Å². The van der Waals surface area contributed by atoms with Gasteiger partial charge in [0.15, 0.2) is 5.58 Å². The molecule has 0 aliphatic carbocycles. The van der Waals surface area contributed by atoms with Crippen LogP contribution in [0.1, 0.15) is 0 Å². The molecule has 0 saturated heterocycles. The van der Waals surface area contributed by atoms with Crippen LogP contribution in [0.5, 0.6) is 11.5 Å². The number of phenolic OH excluding ortho intramolecular Hbond substituents is 1. The number of rotatable bonds is 2. The van der Waals surface area contributed by atoms with E-state index in [-0.39, 0.29) is 5.75 Å². The highest BCUT2D eigenvalue weighted by Crippen LogP contribution is 2.27. The van der Waals surface area contributed by atoms with Gasteiger partial charge in [-0.1, -0.05) is 0 Å². The number of aromatic hydroxyl groups is 1. The fraction of sp³-hybridized carbons (Fsp3) is 0.0714. The molecule has 3 aromatic rings. The normalized spacial score (nSPS) is 10.7. The largest absolute Gasteiger partial charge is 0.508 e. The molecule has 90 valence electrons. The predicted molar refractivity (Wildman–Crippen MR) is 67.7 cm³/mol. The fourth-order valence-corrected chi connectivity index (χ4v) is 1.77. The summed E-state index contributed by atoms with van der Waals surface area (Å²) in [5, 5.41) is 9.38. The Hall–Kier alpha value is -2.49. The van der Waals surface area contributed by atoms with Crippen LogP contribution in [0.3, 0.4) is 0 Å². The lowest BCUT2D eigenvalue weighted by atomic mass is 10.2. The number of hydrogen-bond donors (Lipinski definition) is 1. The Kier molecular flexibility index (Phi) is 2.41. The second-order valence-corrected chi connectivity index (χ2v) is 3.90. The molecule has 0 radical (unpaired) electrons. The summed E-state index contributed by atoms with van der Waals surface area (Å²) in [6.45, 7) is 0. The van der Waals surface area contributed by atoms with Gasteiger partial charge in [0.25, 0.3) is 0 Å². The van der Waals surface area contributed by atoms with Crippen molar-refractivity contribution in [1.29, 1.82) is 0 Å². The molecule has 0 atom stereocenters. The van der Waals surface area contributed by atoms with Crippen molar-refractivity contribution in [1.82, 2.24) is 4.98 Å². The summed E-state index contributed by atoms with van der Waals surface area (Å²) in [5.74, 6) is 1.49. The fourth-order valence-electron chi connectivity index (χ4n) is 1.77. The molecular weight excluding hydrogens is 230 g/mol. The highest BCUT2D eigenvalue weighted by Gasteiger charge is 2.08. The average molecular weight is 241 g/mol. The van der Waals surface area contributed by atoms with Crippen molar-refractivity contribution in [3.8, 4) is 23.0 Å². The number of hydrogen-bond acceptors (Lipinski definition) is 4. The minimum Gasteiger partial charge on any atom is -0.508 e. The zero-order valence-corrected chi connectivity index (χ0v) is 9.75. The lowest BCUT2D eigenvalue weighted by molar-refractivity contribution is 0.415. The van der Waals surface area contributed by atoms with E-state index in [1.165, 1.54) is 0 Å². The molecule has 0 bridgehead atoms. The third-order valence-corrected chi connectivity index (χ3v) is 2.71. The van der Waals surface area contributed by atoms with Crippen molar-refractivity contribution >= 4 is 11.1 Å². The number of aromatic nitrogens is 1. The highest BCUT2D eigenvalue weighted by molar-refractivity contribution is 5.77. The first kappa shape index (κ1) is 10.7. The van der Waals surface area contributed by atoms with Crippen LogP contribution in [0.2, 0.25) is 0 Å². The Morgan fingerprint density at radius 3 is 2.61 bits per heavy atom. The van der Waals surface area contributed by atoms with Crippen LogP contribution >= 0.6 is 0 Å². The number of phenols is 1. The van der Waals surface area contributed by atoms with Crippen LogP contribution in [0.15, 0.2) is 46.9 Å². The first-order chi connectivity index (χ1) is 8.76. The second kappa shape index (κ2) is 4.07. The maximum Gasteiger partial charge on any atom is 0.227 e. The summed E-state index contributed by atoms with van der Waals surface area (Å²) < 4.78 is 10.7. The van der Waals surface area contributed by atoms with Crippen molar-refractivity contribution < 1.29 is 14.3 Å². The monoisotopic (exact) mass is 241 g/mol. The van der Waals surface area contributed by atoms with Crippen LogP contribution in [0.4, 0.5) is 0 Å². The van der Waals surface area contributed by atoms with E-state index >= 15 is 0 Å². The molecule has 0 amide bonds. The summed E-state index contributed by atoms with van der Waals surface area (Å²) in [7, 11) is 1.62. The van der Waals surface area contributed by atoms with Crippen LogP contribution < -0.4 is 4.74 Å². The molecule has 0 unspecified atom stereocenters. The smallest absolute Gasteiger partial charge is 0.227 e. The van der Waals surface area contributed by atoms with E-state index in [2.05, 4.69) is 4.98 Å². The number of benzene rings is 2. The first-order valence-electron chi connectivity index (χ1n) is 5.50. The van der Waals surface area contributed by atoms with E-state index < -0.39 is 0 Å². The molecule has 4 heteroatoms. The topological polar surface area (TPSA) is 55.5 Å². The van der Waals surface area contributed by atoms with Gasteiger partial charge in [-0.2, -0.15) is 0 Å². The molecule has 1 heterocycles. The van der Waals surface area contributed by atoms with E-state index in [4.69, 9.17) is 9.15 Å². The highest BCUT2D eigenvalue weighted by atomic mass is 16.5. The molecule has 0 saturated carbocycles. The molecule has 1 aromatic heterocycles. The zero-order chi connectivity index (χ0) is 12.5. The van der Waals surface area contributed by atoms with Crippen molar-refractivity contribution in [2.75, 3.05) is 7.11 Å². The molecule has 18 heavy (non-hydrogen) atoms. The van der Waals surface area contributed by atoms with Crippen molar-refractivity contribution in [2.24, 2.45) is 0 Å². The van der Waals surface area contributed by atoms with Gasteiger partial charge in [-0.05, 0) is 36.4 Å². The van der Waals surface area contributed by atoms with E-state index in [9.17, 15) is 5.11 Å². The van der Waals surface area contributed by atoms with Crippen LogP contribution in [-0.4, -0.2) is 17.2 Å². The standard InChI is InChI=1S/C14H11NO3/c1-17-11-5-2-9(3-6-11)14-15-12-8-10(16)4-7-13(12)18-14/h2-8,16H,1H3. The molecular formula is C14H11NO3. The predicted octanol–water partition coefficient (Wildman–Crippen LogP) is 3.21. The Bertz CT molecular complexity index is 686. The summed E-state index contributed by atoms with van der Waals surface area (Å²) in [4.78, 5) is 4.33. The minimum absolute atomic E-state index is 0.178. The summed E-state index contributed by atoms with van der Waals surface area (Å²) in [6, 6.07) is 12.3. The Balaban J connectivity index is 2.07. The van der Waals surface area contributed by atoms with Gasteiger partial charge in [0.1, 0.15) is 17.0 Å². The molecule has 0 aliphatic rings.